The summed E-state index contributed by atoms with van der Waals surface area (Å²) in [5.41, 5.74) is 1.69. The molecule has 0 radical (unpaired) electrons. The maximum Gasteiger partial charge on any atom is 0.166 e. The molecule has 1 aliphatic rings. The van der Waals surface area contributed by atoms with E-state index < -0.39 is 29.2 Å². The van der Waals surface area contributed by atoms with E-state index in [0.29, 0.717) is 29.5 Å². The third-order valence-electron chi connectivity index (χ3n) is 6.79. The highest BCUT2D eigenvalue weighted by molar-refractivity contribution is 5.71. The molecule has 1 aliphatic heterocycles. The molecule has 1 fully saturated rings. The summed E-state index contributed by atoms with van der Waals surface area (Å²) in [7, 11) is 0. The summed E-state index contributed by atoms with van der Waals surface area (Å²) in [5.74, 6) is -4.02. The van der Waals surface area contributed by atoms with Gasteiger partial charge in [-0.15, -0.1) is 0 Å². The minimum absolute atomic E-state index is 0.0937. The van der Waals surface area contributed by atoms with Crippen molar-refractivity contribution < 1.29 is 27.0 Å². The molecule has 0 spiro atoms. The number of hydrogen-bond acceptors (Lipinski definition) is 2. The van der Waals surface area contributed by atoms with Crippen LogP contribution >= 0.6 is 0 Å². The molecule has 0 aromatic heterocycles. The largest absolute Gasteiger partial charge is 0.352 e. The predicted molar refractivity (Wildman–Crippen MR) is 138 cm³/mol. The summed E-state index contributed by atoms with van der Waals surface area (Å²) in [6, 6.07) is 12.6. The van der Waals surface area contributed by atoms with Gasteiger partial charge in [0.25, 0.3) is 0 Å². The monoisotopic (exact) mass is 512 g/mol. The van der Waals surface area contributed by atoms with Crippen molar-refractivity contribution >= 4 is 0 Å². The van der Waals surface area contributed by atoms with E-state index in [4.69, 9.17) is 9.47 Å². The third kappa shape index (κ3) is 6.13. The molecular weight excluding hydrogens is 480 g/mol. The van der Waals surface area contributed by atoms with Gasteiger partial charge >= 0.3 is 0 Å². The Hall–Kier alpha value is -2.96. The fraction of sp³-hybridized carbons (Fsp3) is 0.355. The normalized spacial score (nSPS) is 18.0. The van der Waals surface area contributed by atoms with Gasteiger partial charge in [-0.05, 0) is 48.4 Å². The molecule has 3 aromatic carbocycles. The molecule has 1 heterocycles. The second kappa shape index (κ2) is 12.5. The fourth-order valence-electron chi connectivity index (χ4n) is 4.59. The average Bonchev–Trinajstić information content (AvgIpc) is 2.92. The third-order valence-corrected chi connectivity index (χ3v) is 6.79. The van der Waals surface area contributed by atoms with E-state index in [-0.39, 0.29) is 36.2 Å². The average molecular weight is 513 g/mol. The highest BCUT2D eigenvalue weighted by atomic mass is 19.2. The minimum Gasteiger partial charge on any atom is -0.352 e. The standard InChI is InChI=1S/C31H32F4O2/c1-3-5-7-9-27-36-18-23(19-37-27)26-17-16-25(30(34)31(26)35)21-12-10-20(11-13-21)24-15-14-22(8-6-4-2)28(32)29(24)33/h3,5,10-17,23,27H,4,6-9,18-19H2,1-2H3/b5-3+. The van der Waals surface area contributed by atoms with Crippen molar-refractivity contribution in [2.24, 2.45) is 0 Å². The molecule has 0 unspecified atom stereocenters. The molecule has 2 nitrogen and oxygen atoms in total. The molecule has 37 heavy (non-hydrogen) atoms. The Kier molecular flexibility index (Phi) is 9.17. The van der Waals surface area contributed by atoms with Crippen molar-refractivity contribution in [3.63, 3.8) is 0 Å². The number of ether oxygens (including phenoxy) is 2. The van der Waals surface area contributed by atoms with E-state index in [9.17, 15) is 8.78 Å². The van der Waals surface area contributed by atoms with Crippen molar-refractivity contribution in [3.05, 3.63) is 95.1 Å². The second-order valence-corrected chi connectivity index (χ2v) is 9.35. The number of hydrogen-bond donors (Lipinski definition) is 0. The van der Waals surface area contributed by atoms with Gasteiger partial charge in [0.1, 0.15) is 0 Å². The topological polar surface area (TPSA) is 18.5 Å². The lowest BCUT2D eigenvalue weighted by atomic mass is 9.94. The van der Waals surface area contributed by atoms with Crippen molar-refractivity contribution in [1.82, 2.24) is 0 Å². The van der Waals surface area contributed by atoms with Gasteiger partial charge < -0.3 is 9.47 Å². The van der Waals surface area contributed by atoms with E-state index in [2.05, 4.69) is 0 Å². The summed E-state index contributed by atoms with van der Waals surface area (Å²) in [5, 5.41) is 0. The van der Waals surface area contributed by atoms with Crippen LogP contribution in [0.25, 0.3) is 22.3 Å². The smallest absolute Gasteiger partial charge is 0.166 e. The summed E-state index contributed by atoms with van der Waals surface area (Å²) >= 11 is 0. The Balaban J connectivity index is 1.49. The summed E-state index contributed by atoms with van der Waals surface area (Å²) in [6.45, 7) is 4.45. The zero-order valence-corrected chi connectivity index (χ0v) is 21.2. The van der Waals surface area contributed by atoms with Crippen LogP contribution in [0.4, 0.5) is 17.6 Å². The highest BCUT2D eigenvalue weighted by Crippen LogP contribution is 2.34. The Bertz CT molecular complexity index is 1230. The zero-order chi connectivity index (χ0) is 26.4. The van der Waals surface area contributed by atoms with E-state index in [1.165, 1.54) is 6.07 Å². The lowest BCUT2D eigenvalue weighted by Gasteiger charge is -2.30. The maximum atomic E-state index is 15.1. The lowest BCUT2D eigenvalue weighted by molar-refractivity contribution is -0.189. The lowest BCUT2D eigenvalue weighted by Crippen LogP contribution is -2.31. The maximum absolute atomic E-state index is 15.1. The van der Waals surface area contributed by atoms with Gasteiger partial charge in [-0.1, -0.05) is 74.0 Å². The molecule has 0 atom stereocenters. The van der Waals surface area contributed by atoms with Crippen molar-refractivity contribution in [2.45, 2.75) is 58.2 Å². The van der Waals surface area contributed by atoms with Gasteiger partial charge in [0, 0.05) is 23.5 Å². The molecule has 0 bridgehead atoms. The van der Waals surface area contributed by atoms with Crippen LogP contribution in [-0.4, -0.2) is 19.5 Å². The van der Waals surface area contributed by atoms with Crippen LogP contribution < -0.4 is 0 Å². The first-order chi connectivity index (χ1) is 17.9. The Morgan fingerprint density at radius 2 is 1.38 bits per heavy atom. The van der Waals surface area contributed by atoms with Gasteiger partial charge in [-0.2, -0.15) is 0 Å². The van der Waals surface area contributed by atoms with Crippen molar-refractivity contribution in [3.8, 4) is 22.3 Å². The SMILES string of the molecule is C/C=C/CCC1OCC(c2ccc(-c3ccc(-c4ccc(CCCC)c(F)c4F)cc3)c(F)c2F)CO1. The Morgan fingerprint density at radius 3 is 1.97 bits per heavy atom. The molecule has 0 N–H and O–H groups in total. The molecule has 3 aromatic rings. The highest BCUT2D eigenvalue weighted by Gasteiger charge is 2.27. The van der Waals surface area contributed by atoms with Crippen LogP contribution in [-0.2, 0) is 15.9 Å². The van der Waals surface area contributed by atoms with Crippen LogP contribution in [0, 0.1) is 23.3 Å². The number of unbranched alkanes of at least 4 members (excludes halogenated alkanes) is 1. The van der Waals surface area contributed by atoms with Crippen molar-refractivity contribution in [1.29, 1.82) is 0 Å². The predicted octanol–water partition coefficient (Wildman–Crippen LogP) is 8.73. The van der Waals surface area contributed by atoms with Crippen molar-refractivity contribution in [2.75, 3.05) is 13.2 Å². The summed E-state index contributed by atoms with van der Waals surface area (Å²) in [4.78, 5) is 0. The van der Waals surface area contributed by atoms with E-state index >= 15 is 8.78 Å². The Morgan fingerprint density at radius 1 is 0.784 bits per heavy atom. The molecule has 4 rings (SSSR count). The van der Waals surface area contributed by atoms with Gasteiger partial charge in [0.2, 0.25) is 0 Å². The first-order valence-corrected chi connectivity index (χ1v) is 12.8. The number of halogens is 4. The van der Waals surface area contributed by atoms with Gasteiger partial charge in [-0.25, -0.2) is 17.6 Å². The minimum atomic E-state index is -0.960. The molecule has 0 amide bonds. The molecule has 0 saturated carbocycles. The first-order valence-electron chi connectivity index (χ1n) is 12.8. The van der Waals surface area contributed by atoms with Crippen LogP contribution in [0.5, 0.6) is 0 Å². The first kappa shape index (κ1) is 27.1. The molecule has 196 valence electrons. The molecule has 6 heteroatoms. The van der Waals surface area contributed by atoms with Gasteiger partial charge in [-0.3, -0.25) is 0 Å². The number of aryl methyl sites for hydroxylation is 1. The quantitative estimate of drug-likeness (QED) is 0.211. The number of benzene rings is 3. The summed E-state index contributed by atoms with van der Waals surface area (Å²) < 4.78 is 70.8. The number of rotatable bonds is 9. The fourth-order valence-corrected chi connectivity index (χ4v) is 4.59. The van der Waals surface area contributed by atoms with E-state index in [1.807, 2.05) is 26.0 Å². The molecule has 0 aliphatic carbocycles. The zero-order valence-electron chi connectivity index (χ0n) is 21.2. The van der Waals surface area contributed by atoms with Gasteiger partial charge in [0.15, 0.2) is 29.6 Å². The van der Waals surface area contributed by atoms with Crippen LogP contribution in [0.2, 0.25) is 0 Å². The second-order valence-electron chi connectivity index (χ2n) is 9.35. The molecular formula is C31H32F4O2. The summed E-state index contributed by atoms with van der Waals surface area (Å²) in [6.07, 6.45) is 7.34. The van der Waals surface area contributed by atoms with Crippen LogP contribution in [0.3, 0.4) is 0 Å². The van der Waals surface area contributed by atoms with Crippen LogP contribution in [0.15, 0.2) is 60.7 Å². The molecule has 1 saturated heterocycles. The Labute approximate surface area is 215 Å². The van der Waals surface area contributed by atoms with Crippen LogP contribution in [0.1, 0.15) is 56.6 Å². The number of allylic oxidation sites excluding steroid dienone is 2. The van der Waals surface area contributed by atoms with E-state index in [1.54, 1.807) is 42.5 Å². The van der Waals surface area contributed by atoms with E-state index in [0.717, 1.165) is 19.3 Å². The van der Waals surface area contributed by atoms with Gasteiger partial charge in [0.05, 0.1) is 13.2 Å².